The molecule has 3 aromatic heterocycles. The molecule has 0 unspecified atom stereocenters. The molecule has 1 aromatic carbocycles. The standard InChI is InChI=1S/C35H43N9O6S.2C2H6O/c1-3-44-28(18-24(2)41-44)34(48)40-35-39-27-20-26(32(36)47)21-29(50-14-6-9-42-11-15-49-16-12-42)31(27)43(35)10-5-4-8-37-33-30(51-17-7-13-45)19-25(23-46)22-38-33;2*1-3-2/h4-5,13,18-23H,3,6-12,14-17H2,1-2H3,(H2,36,47)(H,37,38)(H,39,40,48);2*1-2H3/b5-4+;;. The van der Waals surface area contributed by atoms with Crippen LogP contribution in [0.2, 0.25) is 0 Å². The third kappa shape index (κ3) is 14.4. The fraction of sp³-hybridized carbons (Fsp3) is 0.462. The van der Waals surface area contributed by atoms with Gasteiger partial charge in [-0.1, -0.05) is 12.2 Å². The molecule has 18 heteroatoms. The van der Waals surface area contributed by atoms with Crippen LogP contribution in [-0.4, -0.2) is 134 Å². The average molecular weight is 810 g/mol. The number of pyridine rings is 1. The third-order valence-electron chi connectivity index (χ3n) is 8.08. The number of morpholine rings is 1. The first-order valence-electron chi connectivity index (χ1n) is 18.5. The minimum absolute atomic E-state index is 0.238. The molecule has 17 nitrogen and oxygen atoms in total. The van der Waals surface area contributed by atoms with E-state index in [0.717, 1.165) is 43.5 Å². The highest BCUT2D eigenvalue weighted by molar-refractivity contribution is 7.99. The summed E-state index contributed by atoms with van der Waals surface area (Å²) in [4.78, 5) is 60.2. The second-order valence-corrected chi connectivity index (χ2v) is 13.7. The van der Waals surface area contributed by atoms with Crippen molar-refractivity contribution in [2.75, 3.05) is 90.8 Å². The third-order valence-corrected chi connectivity index (χ3v) is 9.14. The van der Waals surface area contributed by atoms with E-state index in [1.165, 1.54) is 18.0 Å². The molecule has 4 N–H and O–H groups in total. The number of nitrogens with zero attached hydrogens (tertiary/aromatic N) is 6. The Morgan fingerprint density at radius 2 is 1.79 bits per heavy atom. The van der Waals surface area contributed by atoms with Crippen LogP contribution in [0.25, 0.3) is 11.0 Å². The molecule has 2 amide bonds. The van der Waals surface area contributed by atoms with Gasteiger partial charge in [0.15, 0.2) is 6.29 Å². The SMILES string of the molecule is CCn1nc(C)cc1C(=O)Nc1nc2cc(C(N)=O)cc(OCCCN3CCOCC3)c2n1C/C=C/CNc1ncc(C=O)cc1SCCC=O.COC.COC. The molecule has 1 aliphatic heterocycles. The topological polar surface area (TPSA) is 207 Å². The zero-order valence-electron chi connectivity index (χ0n) is 33.6. The van der Waals surface area contributed by atoms with Crippen LogP contribution in [0, 0.1) is 6.92 Å². The van der Waals surface area contributed by atoms with E-state index in [2.05, 4.69) is 35.1 Å². The summed E-state index contributed by atoms with van der Waals surface area (Å²) in [6, 6.07) is 6.66. The Morgan fingerprint density at radius 1 is 1.05 bits per heavy atom. The van der Waals surface area contributed by atoms with Crippen molar-refractivity contribution in [1.82, 2.24) is 29.2 Å². The Labute approximate surface area is 337 Å². The number of imidazole rings is 1. The van der Waals surface area contributed by atoms with E-state index in [1.807, 2.05) is 30.6 Å². The van der Waals surface area contributed by atoms with Crippen LogP contribution in [0.1, 0.15) is 56.7 Å². The van der Waals surface area contributed by atoms with Crippen molar-refractivity contribution in [1.29, 1.82) is 0 Å². The first kappa shape index (κ1) is 46.2. The number of anilines is 2. The van der Waals surface area contributed by atoms with Crippen molar-refractivity contribution in [3.8, 4) is 5.75 Å². The maximum absolute atomic E-state index is 13.5. The lowest BCUT2D eigenvalue weighted by Gasteiger charge is -2.26. The average Bonchev–Trinajstić information content (AvgIpc) is 3.76. The highest BCUT2D eigenvalue weighted by Gasteiger charge is 2.22. The van der Waals surface area contributed by atoms with Crippen molar-refractivity contribution < 1.29 is 38.1 Å². The van der Waals surface area contributed by atoms with Gasteiger partial charge in [-0.25, -0.2) is 9.97 Å². The zero-order valence-corrected chi connectivity index (χ0v) is 34.4. The van der Waals surface area contributed by atoms with Crippen LogP contribution in [0.15, 0.2) is 47.5 Å². The number of rotatable bonds is 19. The molecule has 0 aliphatic carbocycles. The number of amides is 2. The Kier molecular flexibility index (Phi) is 20.4. The number of carbonyl (C=O) groups is 4. The highest BCUT2D eigenvalue weighted by Crippen LogP contribution is 2.32. The molecule has 0 atom stereocenters. The van der Waals surface area contributed by atoms with Crippen molar-refractivity contribution in [2.24, 2.45) is 5.73 Å². The predicted molar refractivity (Wildman–Crippen MR) is 221 cm³/mol. The van der Waals surface area contributed by atoms with Crippen LogP contribution < -0.4 is 21.1 Å². The van der Waals surface area contributed by atoms with Gasteiger partial charge >= 0.3 is 0 Å². The van der Waals surface area contributed by atoms with Crippen LogP contribution >= 0.6 is 11.8 Å². The molecule has 1 aliphatic rings. The number of nitrogens with two attached hydrogens (primary N) is 1. The first-order valence-corrected chi connectivity index (χ1v) is 19.5. The summed E-state index contributed by atoms with van der Waals surface area (Å²) in [6.07, 6.45) is 8.03. The second kappa shape index (κ2) is 25.2. The second-order valence-electron chi connectivity index (χ2n) is 12.6. The summed E-state index contributed by atoms with van der Waals surface area (Å²) in [7, 11) is 6.50. The number of aromatic nitrogens is 5. The minimum atomic E-state index is -0.623. The predicted octanol–water partition coefficient (Wildman–Crippen LogP) is 4.10. The molecule has 1 saturated heterocycles. The van der Waals surface area contributed by atoms with Gasteiger partial charge in [-0.15, -0.1) is 11.8 Å². The van der Waals surface area contributed by atoms with Gasteiger partial charge in [0, 0.05) is 97.2 Å². The van der Waals surface area contributed by atoms with Gasteiger partial charge < -0.3 is 39.4 Å². The summed E-state index contributed by atoms with van der Waals surface area (Å²) in [6.45, 7) is 9.32. The van der Waals surface area contributed by atoms with Gasteiger partial charge in [0.25, 0.3) is 5.91 Å². The maximum Gasteiger partial charge on any atom is 0.276 e. The van der Waals surface area contributed by atoms with E-state index >= 15 is 0 Å². The number of fused-ring (bicyclic) bond motifs is 1. The summed E-state index contributed by atoms with van der Waals surface area (Å²) in [5.41, 5.74) is 8.52. The summed E-state index contributed by atoms with van der Waals surface area (Å²) in [5.74, 6) is 0.835. The van der Waals surface area contributed by atoms with Gasteiger partial charge in [0.05, 0.1) is 35.9 Å². The first-order chi connectivity index (χ1) is 27.6. The molecule has 1 fully saturated rings. The summed E-state index contributed by atoms with van der Waals surface area (Å²) in [5, 5.41) is 10.6. The number of carbonyl (C=O) groups excluding carboxylic acids is 4. The monoisotopic (exact) mass is 809 g/mol. The smallest absolute Gasteiger partial charge is 0.276 e. The van der Waals surface area contributed by atoms with Gasteiger partial charge in [0.2, 0.25) is 11.9 Å². The van der Waals surface area contributed by atoms with Gasteiger partial charge in [-0.3, -0.25) is 29.3 Å². The molecule has 0 bridgehead atoms. The van der Waals surface area contributed by atoms with E-state index in [1.54, 1.807) is 57.4 Å². The number of methoxy groups -OCH3 is 2. The van der Waals surface area contributed by atoms with E-state index < -0.39 is 5.91 Å². The Hall–Kier alpha value is -5.14. The zero-order chi connectivity index (χ0) is 41.6. The fourth-order valence-corrected chi connectivity index (χ4v) is 6.50. The van der Waals surface area contributed by atoms with Gasteiger partial charge in [-0.05, 0) is 44.5 Å². The van der Waals surface area contributed by atoms with E-state index in [0.29, 0.717) is 91.2 Å². The van der Waals surface area contributed by atoms with Crippen LogP contribution in [0.3, 0.4) is 0 Å². The minimum Gasteiger partial charge on any atom is -0.491 e. The lowest BCUT2D eigenvalue weighted by molar-refractivity contribution is -0.107. The summed E-state index contributed by atoms with van der Waals surface area (Å²) < 4.78 is 23.7. The Morgan fingerprint density at radius 3 is 2.46 bits per heavy atom. The summed E-state index contributed by atoms with van der Waals surface area (Å²) >= 11 is 1.44. The molecule has 4 aromatic rings. The molecular weight excluding hydrogens is 755 g/mol. The lowest BCUT2D eigenvalue weighted by Crippen LogP contribution is -2.37. The van der Waals surface area contributed by atoms with Crippen LogP contribution in [0.4, 0.5) is 11.8 Å². The lowest BCUT2D eigenvalue weighted by atomic mass is 10.1. The number of ether oxygens (including phenoxy) is 4. The van der Waals surface area contributed by atoms with Crippen molar-refractivity contribution in [3.05, 3.63) is 65.1 Å². The van der Waals surface area contributed by atoms with Crippen molar-refractivity contribution >= 4 is 58.9 Å². The normalized spacial score (nSPS) is 12.7. The van der Waals surface area contributed by atoms with E-state index in [-0.39, 0.29) is 17.4 Å². The number of hydrogen-bond acceptors (Lipinski definition) is 14. The van der Waals surface area contributed by atoms with Crippen LogP contribution in [0.5, 0.6) is 5.75 Å². The highest BCUT2D eigenvalue weighted by atomic mass is 32.2. The maximum atomic E-state index is 13.5. The molecule has 0 spiro atoms. The quantitative estimate of drug-likeness (QED) is 0.0528. The number of allylic oxidation sites excluding steroid dienone is 1. The van der Waals surface area contributed by atoms with Gasteiger partial charge in [-0.2, -0.15) is 5.10 Å². The number of aldehydes is 2. The van der Waals surface area contributed by atoms with Crippen LogP contribution in [-0.2, 0) is 32.1 Å². The molecule has 4 heterocycles. The van der Waals surface area contributed by atoms with Crippen molar-refractivity contribution in [3.63, 3.8) is 0 Å². The molecule has 57 heavy (non-hydrogen) atoms. The number of aryl methyl sites for hydroxylation is 2. The Bertz CT molecular complexity index is 1920. The van der Waals surface area contributed by atoms with E-state index in [4.69, 9.17) is 20.2 Å². The van der Waals surface area contributed by atoms with Crippen molar-refractivity contribution in [2.45, 2.75) is 44.7 Å². The number of nitrogens with one attached hydrogen (secondary N) is 2. The van der Waals surface area contributed by atoms with Gasteiger partial charge in [0.1, 0.15) is 29.1 Å². The number of hydrogen-bond donors (Lipinski definition) is 3. The molecule has 310 valence electrons. The van der Waals surface area contributed by atoms with E-state index in [9.17, 15) is 19.2 Å². The largest absolute Gasteiger partial charge is 0.491 e. The fourth-order valence-electron chi connectivity index (χ4n) is 5.59. The molecule has 5 rings (SSSR count). The number of benzene rings is 1. The molecular formula is C39H55N9O8S. The number of thioether (sulfide) groups is 1. The Balaban J connectivity index is 0.00000136. The molecule has 0 saturated carbocycles. The molecule has 0 radical (unpaired) electrons. The number of primary amides is 1.